The van der Waals surface area contributed by atoms with Crippen LogP contribution < -0.4 is 5.32 Å². The third-order valence-corrected chi connectivity index (χ3v) is 5.10. The lowest BCUT2D eigenvalue weighted by Gasteiger charge is -2.31. The molecular formula is C20H29N5O. The van der Waals surface area contributed by atoms with Gasteiger partial charge < -0.3 is 9.88 Å². The molecule has 1 aromatic heterocycles. The minimum Gasteiger partial charge on any atom is -0.355 e. The quantitative estimate of drug-likeness (QED) is 0.828. The van der Waals surface area contributed by atoms with E-state index in [2.05, 4.69) is 64.6 Å². The van der Waals surface area contributed by atoms with Gasteiger partial charge in [-0.1, -0.05) is 30.3 Å². The van der Waals surface area contributed by atoms with E-state index in [1.54, 1.807) is 6.33 Å². The molecule has 26 heavy (non-hydrogen) atoms. The highest BCUT2D eigenvalue weighted by Gasteiger charge is 2.21. The smallest absolute Gasteiger partial charge is 0.234 e. The third kappa shape index (κ3) is 4.91. The van der Waals surface area contributed by atoms with E-state index >= 15 is 0 Å². The standard InChI is InChI=1S/C20H29N5O/c1-16(2)25-15-22-23-19(25)8-11-21-20(26)14-24-12-9-18(10-13-24)17-6-4-3-5-7-17/h3-7,15-16,18H,8-14H2,1-2H3,(H,21,26). The van der Waals surface area contributed by atoms with Crippen molar-refractivity contribution in [2.24, 2.45) is 0 Å². The number of carbonyl (C=O) groups excluding carboxylic acids is 1. The fourth-order valence-electron chi connectivity index (χ4n) is 3.60. The van der Waals surface area contributed by atoms with Crippen molar-refractivity contribution in [1.82, 2.24) is 25.0 Å². The highest BCUT2D eigenvalue weighted by molar-refractivity contribution is 5.78. The molecule has 6 nitrogen and oxygen atoms in total. The van der Waals surface area contributed by atoms with Gasteiger partial charge in [-0.05, 0) is 51.3 Å². The minimum atomic E-state index is 0.0961. The van der Waals surface area contributed by atoms with E-state index in [0.717, 1.165) is 31.8 Å². The molecule has 3 rings (SSSR count). The average molecular weight is 355 g/mol. The molecule has 2 aromatic rings. The number of piperidine rings is 1. The lowest BCUT2D eigenvalue weighted by molar-refractivity contribution is -0.122. The molecule has 1 saturated heterocycles. The maximum atomic E-state index is 12.2. The summed E-state index contributed by atoms with van der Waals surface area (Å²) in [5, 5.41) is 11.1. The van der Waals surface area contributed by atoms with Crippen molar-refractivity contribution in [3.8, 4) is 0 Å². The Balaban J connectivity index is 1.37. The molecule has 1 aliphatic heterocycles. The molecule has 0 aliphatic carbocycles. The zero-order valence-electron chi connectivity index (χ0n) is 15.8. The maximum Gasteiger partial charge on any atom is 0.234 e. The predicted octanol–water partition coefficient (Wildman–Crippen LogP) is 2.40. The summed E-state index contributed by atoms with van der Waals surface area (Å²) < 4.78 is 2.04. The van der Waals surface area contributed by atoms with Gasteiger partial charge in [-0.15, -0.1) is 10.2 Å². The highest BCUT2D eigenvalue weighted by atomic mass is 16.2. The van der Waals surface area contributed by atoms with Crippen LogP contribution in [0.1, 0.15) is 50.0 Å². The molecule has 140 valence electrons. The molecule has 1 aromatic carbocycles. The molecule has 1 amide bonds. The number of aromatic nitrogens is 3. The van der Waals surface area contributed by atoms with Gasteiger partial charge in [-0.25, -0.2) is 0 Å². The van der Waals surface area contributed by atoms with Crippen molar-refractivity contribution in [3.05, 3.63) is 48.0 Å². The first-order chi connectivity index (χ1) is 12.6. The number of nitrogens with zero attached hydrogens (tertiary/aromatic N) is 4. The molecule has 1 fully saturated rings. The molecule has 0 spiro atoms. The molecule has 1 N–H and O–H groups in total. The number of likely N-dealkylation sites (tertiary alicyclic amines) is 1. The summed E-state index contributed by atoms with van der Waals surface area (Å²) in [7, 11) is 0. The Hall–Kier alpha value is -2.21. The van der Waals surface area contributed by atoms with Crippen molar-refractivity contribution in [2.75, 3.05) is 26.2 Å². The molecule has 0 saturated carbocycles. The second-order valence-corrected chi connectivity index (χ2v) is 7.31. The van der Waals surface area contributed by atoms with Crippen LogP contribution >= 0.6 is 0 Å². The van der Waals surface area contributed by atoms with Gasteiger partial charge in [0, 0.05) is 19.0 Å². The largest absolute Gasteiger partial charge is 0.355 e. The lowest BCUT2D eigenvalue weighted by atomic mass is 9.89. The van der Waals surface area contributed by atoms with E-state index in [-0.39, 0.29) is 5.91 Å². The van der Waals surface area contributed by atoms with Gasteiger partial charge in [0.2, 0.25) is 5.91 Å². The molecule has 0 radical (unpaired) electrons. The summed E-state index contributed by atoms with van der Waals surface area (Å²) in [4.78, 5) is 14.5. The van der Waals surface area contributed by atoms with Gasteiger partial charge in [0.25, 0.3) is 0 Å². The highest BCUT2D eigenvalue weighted by Crippen LogP contribution is 2.27. The van der Waals surface area contributed by atoms with Crippen LogP contribution in [-0.4, -0.2) is 51.8 Å². The van der Waals surface area contributed by atoms with Crippen LogP contribution in [0.25, 0.3) is 0 Å². The van der Waals surface area contributed by atoms with Crippen molar-refractivity contribution in [2.45, 2.75) is 45.1 Å². The van der Waals surface area contributed by atoms with Crippen LogP contribution in [0.4, 0.5) is 0 Å². The fourth-order valence-corrected chi connectivity index (χ4v) is 3.60. The van der Waals surface area contributed by atoms with Crippen molar-refractivity contribution >= 4 is 5.91 Å². The number of benzene rings is 1. The van der Waals surface area contributed by atoms with E-state index in [1.807, 2.05) is 4.57 Å². The van der Waals surface area contributed by atoms with Gasteiger partial charge in [-0.2, -0.15) is 0 Å². The molecule has 0 bridgehead atoms. The first kappa shape index (κ1) is 18.6. The molecule has 2 heterocycles. The summed E-state index contributed by atoms with van der Waals surface area (Å²) in [6.07, 6.45) is 4.70. The Kier molecular flexibility index (Phi) is 6.39. The lowest BCUT2D eigenvalue weighted by Crippen LogP contribution is -2.41. The van der Waals surface area contributed by atoms with Crippen LogP contribution in [0, 0.1) is 0 Å². The van der Waals surface area contributed by atoms with Crippen molar-refractivity contribution in [1.29, 1.82) is 0 Å². The van der Waals surface area contributed by atoms with E-state index in [4.69, 9.17) is 0 Å². The predicted molar refractivity (Wildman–Crippen MR) is 102 cm³/mol. The second kappa shape index (κ2) is 8.94. The number of hydrogen-bond acceptors (Lipinski definition) is 4. The van der Waals surface area contributed by atoms with Crippen LogP contribution in [0.5, 0.6) is 0 Å². The number of nitrogens with one attached hydrogen (secondary N) is 1. The van der Waals surface area contributed by atoms with Crippen molar-refractivity contribution < 1.29 is 4.79 Å². The molecule has 6 heteroatoms. The van der Waals surface area contributed by atoms with Crippen LogP contribution in [0.2, 0.25) is 0 Å². The average Bonchev–Trinajstić information content (AvgIpc) is 3.12. The van der Waals surface area contributed by atoms with Gasteiger partial charge in [0.15, 0.2) is 0 Å². The van der Waals surface area contributed by atoms with E-state index < -0.39 is 0 Å². The molecule has 0 unspecified atom stereocenters. The molecule has 0 atom stereocenters. The minimum absolute atomic E-state index is 0.0961. The molecular weight excluding hydrogens is 326 g/mol. The SMILES string of the molecule is CC(C)n1cnnc1CCNC(=O)CN1CCC(c2ccccc2)CC1. The Morgan fingerprint density at radius 1 is 1.23 bits per heavy atom. The number of carbonyl (C=O) groups is 1. The number of rotatable bonds is 7. The van der Waals surface area contributed by atoms with E-state index in [0.29, 0.717) is 31.5 Å². The Morgan fingerprint density at radius 2 is 1.96 bits per heavy atom. The first-order valence-corrected chi connectivity index (χ1v) is 9.56. The summed E-state index contributed by atoms with van der Waals surface area (Å²) in [5.74, 6) is 1.64. The van der Waals surface area contributed by atoms with E-state index in [1.165, 1.54) is 5.56 Å². The van der Waals surface area contributed by atoms with Gasteiger partial charge in [0.05, 0.1) is 6.54 Å². The first-order valence-electron chi connectivity index (χ1n) is 9.56. The summed E-state index contributed by atoms with van der Waals surface area (Å²) in [6.45, 7) is 7.25. The summed E-state index contributed by atoms with van der Waals surface area (Å²) in [5.41, 5.74) is 1.42. The fraction of sp³-hybridized carbons (Fsp3) is 0.550. The van der Waals surface area contributed by atoms with Gasteiger partial charge in [0.1, 0.15) is 12.2 Å². The van der Waals surface area contributed by atoms with Gasteiger partial charge >= 0.3 is 0 Å². The third-order valence-electron chi connectivity index (χ3n) is 5.10. The van der Waals surface area contributed by atoms with Crippen LogP contribution in [-0.2, 0) is 11.2 Å². The van der Waals surface area contributed by atoms with Crippen LogP contribution in [0.15, 0.2) is 36.7 Å². The Morgan fingerprint density at radius 3 is 2.65 bits per heavy atom. The summed E-state index contributed by atoms with van der Waals surface area (Å²) >= 11 is 0. The van der Waals surface area contributed by atoms with Gasteiger partial charge in [-0.3, -0.25) is 9.69 Å². The van der Waals surface area contributed by atoms with Crippen molar-refractivity contribution in [3.63, 3.8) is 0 Å². The van der Waals surface area contributed by atoms with E-state index in [9.17, 15) is 4.79 Å². The zero-order chi connectivity index (χ0) is 18.4. The molecule has 1 aliphatic rings. The number of amides is 1. The monoisotopic (exact) mass is 355 g/mol. The zero-order valence-corrected chi connectivity index (χ0v) is 15.8. The topological polar surface area (TPSA) is 63.1 Å². The van der Waals surface area contributed by atoms with Crippen LogP contribution in [0.3, 0.4) is 0 Å². The second-order valence-electron chi connectivity index (χ2n) is 7.31. The maximum absolute atomic E-state index is 12.2. The normalized spacial score (nSPS) is 16.1. The Labute approximate surface area is 155 Å². The number of hydrogen-bond donors (Lipinski definition) is 1. The Bertz CT molecular complexity index is 689. The summed E-state index contributed by atoms with van der Waals surface area (Å²) in [6, 6.07) is 11.0.